The van der Waals surface area contributed by atoms with E-state index in [-0.39, 0.29) is 13.0 Å². The number of hydrogen-bond donors (Lipinski definition) is 1. The van der Waals surface area contributed by atoms with E-state index in [1.165, 1.54) is 12.1 Å². The normalized spacial score (nSPS) is 20.0. The highest BCUT2D eigenvalue weighted by Crippen LogP contribution is 2.42. The molecule has 5 nitrogen and oxygen atoms in total. The highest BCUT2D eigenvalue weighted by Gasteiger charge is 2.54. The molecular formula is C17H24BFO5. The Balaban J connectivity index is 2.33. The Hall–Kier alpha value is -1.60. The van der Waals surface area contributed by atoms with Gasteiger partial charge in [0.15, 0.2) is 11.6 Å². The van der Waals surface area contributed by atoms with Gasteiger partial charge >= 0.3 is 13.1 Å². The van der Waals surface area contributed by atoms with Gasteiger partial charge in [-0.15, -0.1) is 0 Å². The lowest BCUT2D eigenvalue weighted by Gasteiger charge is -2.32. The van der Waals surface area contributed by atoms with Crippen molar-refractivity contribution in [3.8, 4) is 5.75 Å². The molecule has 7 heteroatoms. The van der Waals surface area contributed by atoms with E-state index in [0.717, 1.165) is 0 Å². The van der Waals surface area contributed by atoms with Gasteiger partial charge < -0.3 is 19.2 Å². The van der Waals surface area contributed by atoms with Crippen LogP contribution in [-0.2, 0) is 18.8 Å². The maximum atomic E-state index is 13.8. The van der Waals surface area contributed by atoms with Gasteiger partial charge in [-0.1, -0.05) is 6.07 Å². The van der Waals surface area contributed by atoms with E-state index in [1.54, 1.807) is 13.0 Å². The Morgan fingerprint density at radius 1 is 1.29 bits per heavy atom. The second-order valence-electron chi connectivity index (χ2n) is 6.95. The zero-order valence-corrected chi connectivity index (χ0v) is 14.8. The smallest absolute Gasteiger partial charge is 0.466 e. The van der Waals surface area contributed by atoms with Gasteiger partial charge in [0.25, 0.3) is 0 Å². The maximum Gasteiger partial charge on any atom is 0.466 e. The third-order valence-electron chi connectivity index (χ3n) is 4.69. The summed E-state index contributed by atoms with van der Waals surface area (Å²) in [6.07, 6.45) is -0.00508. The third-order valence-corrected chi connectivity index (χ3v) is 4.69. The van der Waals surface area contributed by atoms with Crippen LogP contribution in [0.2, 0.25) is 0 Å². The van der Waals surface area contributed by atoms with E-state index >= 15 is 0 Å². The number of benzene rings is 1. The number of ether oxygens (including phenoxy) is 1. The fourth-order valence-corrected chi connectivity index (χ4v) is 2.58. The van der Waals surface area contributed by atoms with Crippen LogP contribution >= 0.6 is 0 Å². The second-order valence-corrected chi connectivity index (χ2v) is 6.95. The van der Waals surface area contributed by atoms with Crippen LogP contribution in [-0.4, -0.2) is 36.0 Å². The number of carbonyl (C=O) groups is 1. The monoisotopic (exact) mass is 338 g/mol. The van der Waals surface area contributed by atoms with Crippen molar-refractivity contribution in [2.24, 2.45) is 0 Å². The molecule has 1 unspecified atom stereocenters. The molecule has 0 saturated carbocycles. The minimum absolute atomic E-state index is 0.00508. The van der Waals surface area contributed by atoms with E-state index in [1.807, 2.05) is 27.7 Å². The predicted molar refractivity (Wildman–Crippen MR) is 88.1 cm³/mol. The minimum atomic E-state index is -0.752. The quantitative estimate of drug-likeness (QED) is 0.660. The van der Waals surface area contributed by atoms with Gasteiger partial charge in [-0.2, -0.15) is 0 Å². The van der Waals surface area contributed by atoms with Crippen molar-refractivity contribution >= 4 is 13.1 Å². The molecule has 1 aliphatic rings. The first-order chi connectivity index (χ1) is 11.1. The molecule has 0 aromatic heterocycles. The van der Waals surface area contributed by atoms with Crippen LogP contribution in [0.5, 0.6) is 5.75 Å². The lowest BCUT2D eigenvalue weighted by Crippen LogP contribution is -2.41. The summed E-state index contributed by atoms with van der Waals surface area (Å²) in [5.74, 6) is -2.15. The molecule has 24 heavy (non-hydrogen) atoms. The molecule has 1 atom stereocenters. The first kappa shape index (κ1) is 18.7. The van der Waals surface area contributed by atoms with Crippen LogP contribution in [0.1, 0.15) is 52.4 Å². The molecular weight excluding hydrogens is 314 g/mol. The zero-order valence-electron chi connectivity index (χ0n) is 14.8. The fourth-order valence-electron chi connectivity index (χ4n) is 2.58. The summed E-state index contributed by atoms with van der Waals surface area (Å²) in [6.45, 7) is 9.62. The van der Waals surface area contributed by atoms with E-state index in [9.17, 15) is 14.3 Å². The predicted octanol–water partition coefficient (Wildman–Crippen LogP) is 3.20. The van der Waals surface area contributed by atoms with Crippen molar-refractivity contribution in [3.63, 3.8) is 0 Å². The van der Waals surface area contributed by atoms with Crippen molar-refractivity contribution in [2.45, 2.75) is 58.1 Å². The molecule has 0 aliphatic carbocycles. The SMILES string of the molecule is CCOC(=O)CC(B1OC(C)(C)C(C)(C)O1)c1ccc(O)c(F)c1. The highest BCUT2D eigenvalue weighted by atomic mass is 19.1. The van der Waals surface area contributed by atoms with E-state index in [2.05, 4.69) is 0 Å². The Bertz CT molecular complexity index is 601. The van der Waals surface area contributed by atoms with E-state index in [4.69, 9.17) is 14.0 Å². The third kappa shape index (κ3) is 3.73. The summed E-state index contributed by atoms with van der Waals surface area (Å²) in [7, 11) is -0.719. The summed E-state index contributed by atoms with van der Waals surface area (Å²) in [6, 6.07) is 4.02. The Morgan fingerprint density at radius 3 is 2.38 bits per heavy atom. The lowest BCUT2D eigenvalue weighted by atomic mass is 9.66. The van der Waals surface area contributed by atoms with Crippen LogP contribution < -0.4 is 0 Å². The molecule has 1 saturated heterocycles. The summed E-state index contributed by atoms with van der Waals surface area (Å²) < 4.78 is 30.8. The molecule has 1 heterocycles. The molecule has 2 rings (SSSR count). The van der Waals surface area contributed by atoms with Crippen molar-refractivity contribution in [1.82, 2.24) is 0 Å². The number of hydrogen-bond acceptors (Lipinski definition) is 5. The number of phenols is 1. The van der Waals surface area contributed by atoms with Crippen molar-refractivity contribution in [3.05, 3.63) is 29.6 Å². The Kier molecular flexibility index (Phi) is 5.25. The summed E-state index contributed by atoms with van der Waals surface area (Å²) in [5, 5.41) is 9.39. The van der Waals surface area contributed by atoms with Crippen molar-refractivity contribution < 1.29 is 28.3 Å². The maximum absolute atomic E-state index is 13.8. The van der Waals surface area contributed by atoms with Crippen molar-refractivity contribution in [1.29, 1.82) is 0 Å². The topological polar surface area (TPSA) is 65.0 Å². The number of esters is 1. The molecule has 0 spiro atoms. The summed E-state index contributed by atoms with van der Waals surface area (Å²) in [4.78, 5) is 12.0. The highest BCUT2D eigenvalue weighted by molar-refractivity contribution is 6.48. The van der Waals surface area contributed by atoms with Gasteiger partial charge in [-0.25, -0.2) is 4.39 Å². The number of rotatable bonds is 5. The lowest BCUT2D eigenvalue weighted by molar-refractivity contribution is -0.143. The molecule has 1 fully saturated rings. The average Bonchev–Trinajstić information content (AvgIpc) is 2.68. The van der Waals surface area contributed by atoms with Crippen LogP contribution in [0, 0.1) is 5.82 Å². The van der Waals surface area contributed by atoms with E-state index in [0.29, 0.717) is 5.56 Å². The number of aromatic hydroxyl groups is 1. The number of carbonyl (C=O) groups excluding carboxylic acids is 1. The Labute approximate surface area is 142 Å². The molecule has 0 radical (unpaired) electrons. The van der Waals surface area contributed by atoms with Crippen LogP contribution in [0.3, 0.4) is 0 Å². The number of phenolic OH excluding ortho intramolecular Hbond substituents is 1. The van der Waals surface area contributed by atoms with Gasteiger partial charge in [0.05, 0.1) is 24.2 Å². The minimum Gasteiger partial charge on any atom is -0.505 e. The standard InChI is InChI=1S/C17H24BFO5/c1-6-22-15(21)10-12(11-7-8-14(20)13(19)9-11)18-23-16(2,3)17(4,5)24-18/h7-9,12,20H,6,10H2,1-5H3. The average molecular weight is 338 g/mol. The van der Waals surface area contributed by atoms with Crippen molar-refractivity contribution in [2.75, 3.05) is 6.61 Å². The summed E-state index contributed by atoms with van der Waals surface area (Å²) >= 11 is 0. The van der Waals surface area contributed by atoms with Gasteiger partial charge in [0, 0.05) is 5.82 Å². The van der Waals surface area contributed by atoms with Crippen LogP contribution in [0.15, 0.2) is 18.2 Å². The van der Waals surface area contributed by atoms with Gasteiger partial charge in [0.1, 0.15) is 0 Å². The fraction of sp³-hybridized carbons (Fsp3) is 0.588. The second kappa shape index (κ2) is 6.72. The first-order valence-electron chi connectivity index (χ1n) is 8.07. The molecule has 0 amide bonds. The number of halogens is 1. The van der Waals surface area contributed by atoms with E-state index < -0.39 is 41.7 Å². The molecule has 1 aromatic rings. The van der Waals surface area contributed by atoms with Gasteiger partial charge in [0.2, 0.25) is 0 Å². The van der Waals surface area contributed by atoms with Gasteiger partial charge in [-0.3, -0.25) is 4.79 Å². The summed E-state index contributed by atoms with van der Waals surface area (Å²) in [5.41, 5.74) is -0.628. The van der Waals surface area contributed by atoms with Crippen LogP contribution in [0.25, 0.3) is 0 Å². The zero-order chi connectivity index (χ0) is 18.1. The molecule has 1 aromatic carbocycles. The van der Waals surface area contributed by atoms with Gasteiger partial charge in [-0.05, 0) is 52.3 Å². The molecule has 1 aliphatic heterocycles. The molecule has 132 valence electrons. The molecule has 1 N–H and O–H groups in total. The first-order valence-corrected chi connectivity index (χ1v) is 8.07. The molecule has 0 bridgehead atoms. The van der Waals surface area contributed by atoms with Crippen LogP contribution in [0.4, 0.5) is 4.39 Å². The Morgan fingerprint density at radius 2 is 1.88 bits per heavy atom. The largest absolute Gasteiger partial charge is 0.505 e.